The van der Waals surface area contributed by atoms with Crippen molar-refractivity contribution in [2.45, 2.75) is 11.3 Å². The maximum atomic E-state index is 11.1. The first-order valence-electron chi connectivity index (χ1n) is 4.27. The number of hydrogen-bond acceptors (Lipinski definition) is 3. The first-order valence-corrected chi connectivity index (χ1v) is 5.81. The number of rotatable bonds is 4. The molecule has 0 unspecified atom stereocenters. The first kappa shape index (κ1) is 12.0. The molecule has 15 heavy (non-hydrogen) atoms. The van der Waals surface area contributed by atoms with Crippen molar-refractivity contribution in [1.82, 2.24) is 0 Å². The fraction of sp³-hybridized carbons (Fsp3) is 0.333. The molecule has 83 valence electrons. The molecule has 0 saturated heterocycles. The summed E-state index contributed by atoms with van der Waals surface area (Å²) >= 11 is 0. The van der Waals surface area contributed by atoms with Crippen LogP contribution < -0.4 is 9.88 Å². The van der Waals surface area contributed by atoms with Crippen molar-refractivity contribution in [3.8, 4) is 5.75 Å². The van der Waals surface area contributed by atoms with E-state index in [4.69, 9.17) is 9.88 Å². The van der Waals surface area contributed by atoms with Gasteiger partial charge in [0.2, 0.25) is 10.0 Å². The number of ether oxygens (including phenoxy) is 1. The second-order valence-corrected chi connectivity index (χ2v) is 4.51. The maximum absolute atomic E-state index is 11.1. The van der Waals surface area contributed by atoms with Gasteiger partial charge in [-0.05, 0) is 24.1 Å². The van der Waals surface area contributed by atoms with Gasteiger partial charge in [-0.2, -0.15) is 0 Å². The summed E-state index contributed by atoms with van der Waals surface area (Å²) in [4.78, 5) is -0.0698. The number of hydrogen-bond donors (Lipinski definition) is 1. The standard InChI is InChI=1S/C9H12NO4S/c1-14-8-6-7(4-5-11)2-3-9(8)15(10,12)13/h2-3,6H,4-5H2,1H3,(H2,10,12,13). The predicted molar refractivity (Wildman–Crippen MR) is 53.6 cm³/mol. The third-order valence-electron chi connectivity index (χ3n) is 1.93. The minimum Gasteiger partial charge on any atom is -0.495 e. The predicted octanol–water partition coefficient (Wildman–Crippen LogP) is 0.316. The minimum atomic E-state index is -3.78. The molecule has 0 aliphatic carbocycles. The first-order chi connectivity index (χ1) is 6.99. The van der Waals surface area contributed by atoms with Gasteiger partial charge in [0.15, 0.2) is 0 Å². The molecule has 0 spiro atoms. The van der Waals surface area contributed by atoms with Crippen molar-refractivity contribution in [2.24, 2.45) is 5.14 Å². The number of primary sulfonamides is 1. The van der Waals surface area contributed by atoms with Gasteiger partial charge in [-0.25, -0.2) is 18.7 Å². The van der Waals surface area contributed by atoms with Crippen molar-refractivity contribution in [2.75, 3.05) is 13.7 Å². The number of nitrogens with two attached hydrogens (primary N) is 1. The van der Waals surface area contributed by atoms with E-state index in [1.165, 1.54) is 19.2 Å². The molecule has 0 heterocycles. The number of sulfonamides is 1. The molecule has 0 fully saturated rings. The van der Waals surface area contributed by atoms with E-state index < -0.39 is 10.0 Å². The Bertz CT molecular complexity index is 441. The summed E-state index contributed by atoms with van der Waals surface area (Å²) in [6.07, 6.45) is 0.335. The Balaban J connectivity index is 3.21. The Morgan fingerprint density at radius 2 is 2.07 bits per heavy atom. The average molecular weight is 230 g/mol. The lowest BCUT2D eigenvalue weighted by atomic mass is 10.1. The van der Waals surface area contributed by atoms with E-state index in [0.29, 0.717) is 6.42 Å². The van der Waals surface area contributed by atoms with Crippen LogP contribution in [0.1, 0.15) is 5.56 Å². The van der Waals surface area contributed by atoms with Gasteiger partial charge in [0.1, 0.15) is 10.6 Å². The van der Waals surface area contributed by atoms with Gasteiger partial charge < -0.3 is 4.74 Å². The van der Waals surface area contributed by atoms with Crippen LogP contribution in [0.4, 0.5) is 0 Å². The third kappa shape index (κ3) is 2.92. The molecule has 0 aliphatic rings. The van der Waals surface area contributed by atoms with Crippen LogP contribution in [0.3, 0.4) is 0 Å². The molecule has 6 heteroatoms. The summed E-state index contributed by atoms with van der Waals surface area (Å²) in [6.45, 7) is -0.252. The Morgan fingerprint density at radius 1 is 1.40 bits per heavy atom. The van der Waals surface area contributed by atoms with Crippen LogP contribution in [0, 0.1) is 0 Å². The van der Waals surface area contributed by atoms with Crippen LogP contribution in [0.15, 0.2) is 23.1 Å². The van der Waals surface area contributed by atoms with Crippen molar-refractivity contribution in [1.29, 1.82) is 0 Å². The van der Waals surface area contributed by atoms with E-state index in [0.717, 1.165) is 5.56 Å². The largest absolute Gasteiger partial charge is 0.495 e. The molecule has 0 amide bonds. The summed E-state index contributed by atoms with van der Waals surface area (Å²) in [5.74, 6) is 0.170. The van der Waals surface area contributed by atoms with E-state index >= 15 is 0 Å². The van der Waals surface area contributed by atoms with Crippen molar-refractivity contribution in [3.05, 3.63) is 23.8 Å². The van der Waals surface area contributed by atoms with E-state index in [-0.39, 0.29) is 17.3 Å². The van der Waals surface area contributed by atoms with Crippen molar-refractivity contribution in [3.63, 3.8) is 0 Å². The lowest BCUT2D eigenvalue weighted by Crippen LogP contribution is -2.13. The fourth-order valence-electron chi connectivity index (χ4n) is 1.22. The van der Waals surface area contributed by atoms with E-state index in [9.17, 15) is 13.5 Å². The Kier molecular flexibility index (Phi) is 3.67. The zero-order chi connectivity index (χ0) is 11.5. The smallest absolute Gasteiger partial charge is 0.241 e. The highest BCUT2D eigenvalue weighted by atomic mass is 32.2. The molecule has 5 nitrogen and oxygen atoms in total. The lowest BCUT2D eigenvalue weighted by molar-refractivity contribution is 0.197. The van der Waals surface area contributed by atoms with Gasteiger partial charge in [0, 0.05) is 0 Å². The highest BCUT2D eigenvalue weighted by molar-refractivity contribution is 7.89. The highest BCUT2D eigenvalue weighted by Gasteiger charge is 2.14. The Labute approximate surface area is 88.5 Å². The van der Waals surface area contributed by atoms with Gasteiger partial charge in [0.05, 0.1) is 13.7 Å². The molecule has 1 rings (SSSR count). The molecule has 1 radical (unpaired) electrons. The second-order valence-electron chi connectivity index (χ2n) is 2.98. The topological polar surface area (TPSA) is 89.3 Å². The molecule has 2 N–H and O–H groups in total. The quantitative estimate of drug-likeness (QED) is 0.807. The summed E-state index contributed by atoms with van der Waals surface area (Å²) < 4.78 is 27.1. The number of methoxy groups -OCH3 is 1. The molecule has 1 aromatic carbocycles. The van der Waals surface area contributed by atoms with E-state index in [2.05, 4.69) is 0 Å². The molecular weight excluding hydrogens is 218 g/mol. The zero-order valence-electron chi connectivity index (χ0n) is 8.26. The van der Waals surface area contributed by atoms with Gasteiger partial charge in [-0.1, -0.05) is 6.07 Å². The molecule has 0 atom stereocenters. The van der Waals surface area contributed by atoms with Crippen molar-refractivity contribution >= 4 is 10.0 Å². The zero-order valence-corrected chi connectivity index (χ0v) is 9.08. The number of benzene rings is 1. The van der Waals surface area contributed by atoms with E-state index in [1.807, 2.05) is 0 Å². The minimum absolute atomic E-state index is 0.0698. The Hall–Kier alpha value is -1.11. The summed E-state index contributed by atoms with van der Waals surface area (Å²) in [5, 5.41) is 15.4. The molecular formula is C9H12NO4S. The summed E-state index contributed by atoms with van der Waals surface area (Å²) in [5.41, 5.74) is 0.731. The van der Waals surface area contributed by atoms with Crippen LogP contribution in [0.2, 0.25) is 0 Å². The van der Waals surface area contributed by atoms with Crippen LogP contribution in [-0.4, -0.2) is 22.1 Å². The Morgan fingerprint density at radius 3 is 2.53 bits per heavy atom. The van der Waals surface area contributed by atoms with Crippen LogP contribution in [0.25, 0.3) is 0 Å². The summed E-state index contributed by atoms with van der Waals surface area (Å²) in [6, 6.07) is 4.41. The maximum Gasteiger partial charge on any atom is 0.241 e. The van der Waals surface area contributed by atoms with Crippen molar-refractivity contribution < 1.29 is 18.3 Å². The monoisotopic (exact) mass is 230 g/mol. The average Bonchev–Trinajstić information content (AvgIpc) is 2.16. The van der Waals surface area contributed by atoms with Gasteiger partial charge in [-0.15, -0.1) is 0 Å². The van der Waals surface area contributed by atoms with Gasteiger partial charge in [0.25, 0.3) is 0 Å². The third-order valence-corrected chi connectivity index (χ3v) is 2.88. The lowest BCUT2D eigenvalue weighted by Gasteiger charge is -2.08. The molecule has 0 bridgehead atoms. The molecule has 1 aromatic rings. The fourth-order valence-corrected chi connectivity index (χ4v) is 1.90. The second kappa shape index (κ2) is 4.61. The van der Waals surface area contributed by atoms with Crippen LogP contribution in [-0.2, 0) is 21.6 Å². The molecule has 0 aromatic heterocycles. The van der Waals surface area contributed by atoms with Crippen LogP contribution >= 0.6 is 0 Å². The van der Waals surface area contributed by atoms with Crippen LogP contribution in [0.5, 0.6) is 5.75 Å². The summed E-state index contributed by atoms with van der Waals surface area (Å²) in [7, 11) is -2.43. The molecule has 0 aliphatic heterocycles. The van der Waals surface area contributed by atoms with Gasteiger partial charge >= 0.3 is 0 Å². The molecule has 0 saturated carbocycles. The normalized spacial score (nSPS) is 11.4. The SMILES string of the molecule is COc1cc(CC[O])ccc1S(N)(=O)=O. The van der Waals surface area contributed by atoms with Gasteiger partial charge in [-0.3, -0.25) is 0 Å². The highest BCUT2D eigenvalue weighted by Crippen LogP contribution is 2.23. The van der Waals surface area contributed by atoms with E-state index in [1.54, 1.807) is 6.07 Å².